The molecule has 7 nitrogen and oxygen atoms in total. The molecule has 0 aromatic heterocycles. The van der Waals surface area contributed by atoms with E-state index < -0.39 is 5.97 Å². The number of nitrogens with zero attached hydrogens (tertiary/aromatic N) is 2. The molecule has 1 saturated heterocycles. The molecule has 1 aliphatic heterocycles. The molecular weight excluding hydrogens is 346 g/mol. The number of hydrogen-bond donors (Lipinski definition) is 2. The molecule has 2 unspecified atom stereocenters. The maximum atomic E-state index is 12.6. The number of carbonyl (C=O) groups excluding carboxylic acids is 1. The molecule has 1 aromatic carbocycles. The first-order valence-electron chi connectivity index (χ1n) is 9.48. The maximum absolute atomic E-state index is 12.6. The van der Waals surface area contributed by atoms with Crippen LogP contribution in [0, 0.1) is 0 Å². The van der Waals surface area contributed by atoms with E-state index in [0.717, 1.165) is 43.7 Å². The molecule has 7 heteroatoms. The SMILES string of the molecule is COc1ccccc1CNC(=O)C(C)N1CCCC(N(C)CC(=O)O)CC1. The molecule has 1 aromatic rings. The minimum absolute atomic E-state index is 0.00162. The summed E-state index contributed by atoms with van der Waals surface area (Å²) in [6.45, 7) is 4.06. The smallest absolute Gasteiger partial charge is 0.317 e. The van der Waals surface area contributed by atoms with Crippen LogP contribution >= 0.6 is 0 Å². The number of methoxy groups -OCH3 is 1. The maximum Gasteiger partial charge on any atom is 0.317 e. The average Bonchev–Trinajstić information content (AvgIpc) is 2.91. The lowest BCUT2D eigenvalue weighted by molar-refractivity contribution is -0.138. The topological polar surface area (TPSA) is 82.1 Å². The van der Waals surface area contributed by atoms with Crippen molar-refractivity contribution in [1.29, 1.82) is 0 Å². The largest absolute Gasteiger partial charge is 0.496 e. The number of hydrogen-bond acceptors (Lipinski definition) is 5. The van der Waals surface area contributed by atoms with Gasteiger partial charge in [-0.25, -0.2) is 0 Å². The fourth-order valence-corrected chi connectivity index (χ4v) is 3.62. The van der Waals surface area contributed by atoms with Crippen molar-refractivity contribution in [3.63, 3.8) is 0 Å². The predicted octanol–water partition coefficient (Wildman–Crippen LogP) is 1.57. The van der Waals surface area contributed by atoms with E-state index in [9.17, 15) is 9.59 Å². The third-order valence-electron chi connectivity index (χ3n) is 5.31. The van der Waals surface area contributed by atoms with Crippen LogP contribution in [-0.2, 0) is 16.1 Å². The van der Waals surface area contributed by atoms with Gasteiger partial charge in [-0.15, -0.1) is 0 Å². The lowest BCUT2D eigenvalue weighted by atomic mass is 10.1. The molecule has 150 valence electrons. The zero-order chi connectivity index (χ0) is 19.8. The Morgan fingerprint density at radius 2 is 2.07 bits per heavy atom. The standard InChI is InChI=1S/C20H31N3O4/c1-15(20(26)21-13-16-7-4-5-9-18(16)27-3)23-11-6-8-17(10-12-23)22(2)14-19(24)25/h4-5,7,9,15,17H,6,8,10-14H2,1-3H3,(H,21,26)(H,24,25). The van der Waals surface area contributed by atoms with Crippen LogP contribution in [0.4, 0.5) is 0 Å². The Morgan fingerprint density at radius 1 is 1.33 bits per heavy atom. The van der Waals surface area contributed by atoms with E-state index >= 15 is 0 Å². The molecule has 0 aliphatic carbocycles. The van der Waals surface area contributed by atoms with Gasteiger partial charge in [0.05, 0.1) is 19.7 Å². The molecule has 27 heavy (non-hydrogen) atoms. The number of likely N-dealkylation sites (tertiary alicyclic amines) is 1. The molecule has 1 heterocycles. The summed E-state index contributed by atoms with van der Waals surface area (Å²) >= 11 is 0. The molecule has 2 atom stereocenters. The summed E-state index contributed by atoms with van der Waals surface area (Å²) in [4.78, 5) is 27.6. The molecule has 1 aliphatic rings. The van der Waals surface area contributed by atoms with Crippen LogP contribution in [0.25, 0.3) is 0 Å². The van der Waals surface area contributed by atoms with Gasteiger partial charge in [-0.2, -0.15) is 0 Å². The number of carboxylic acids is 1. The Morgan fingerprint density at radius 3 is 2.78 bits per heavy atom. The second-order valence-corrected chi connectivity index (χ2v) is 7.14. The molecule has 1 amide bonds. The zero-order valence-electron chi connectivity index (χ0n) is 16.5. The van der Waals surface area contributed by atoms with E-state index in [1.54, 1.807) is 7.11 Å². The van der Waals surface area contributed by atoms with Crippen LogP contribution in [0.3, 0.4) is 0 Å². The Hall–Kier alpha value is -2.12. The lowest BCUT2D eigenvalue weighted by Gasteiger charge is -2.28. The van der Waals surface area contributed by atoms with Gasteiger partial charge in [-0.3, -0.25) is 19.4 Å². The molecule has 2 rings (SSSR count). The molecule has 0 bridgehead atoms. The van der Waals surface area contributed by atoms with E-state index in [4.69, 9.17) is 9.84 Å². The summed E-state index contributed by atoms with van der Waals surface area (Å²) in [5.74, 6) is -0.0366. The molecule has 0 spiro atoms. The fraction of sp³-hybridized carbons (Fsp3) is 0.600. The molecule has 0 radical (unpaired) electrons. The quantitative estimate of drug-likeness (QED) is 0.716. The number of benzene rings is 1. The first kappa shape index (κ1) is 21.2. The van der Waals surface area contributed by atoms with Gasteiger partial charge in [0.1, 0.15) is 5.75 Å². The highest BCUT2D eigenvalue weighted by Crippen LogP contribution is 2.19. The molecular formula is C20H31N3O4. The number of aliphatic carboxylic acids is 1. The van der Waals surface area contributed by atoms with E-state index in [1.165, 1.54) is 0 Å². The second kappa shape index (κ2) is 10.3. The van der Waals surface area contributed by atoms with Crippen LogP contribution in [0.1, 0.15) is 31.7 Å². The monoisotopic (exact) mass is 377 g/mol. The van der Waals surface area contributed by atoms with E-state index in [1.807, 2.05) is 43.1 Å². The summed E-state index contributed by atoms with van der Waals surface area (Å²) < 4.78 is 5.32. The van der Waals surface area contributed by atoms with Crippen molar-refractivity contribution in [2.45, 2.75) is 44.8 Å². The number of likely N-dealkylation sites (N-methyl/N-ethyl adjacent to an activating group) is 1. The number of para-hydroxylation sites is 1. The third kappa shape index (κ3) is 6.22. The minimum atomic E-state index is -0.803. The van der Waals surface area contributed by atoms with Crippen molar-refractivity contribution in [3.8, 4) is 5.75 Å². The highest BCUT2D eigenvalue weighted by molar-refractivity contribution is 5.81. The van der Waals surface area contributed by atoms with Gasteiger partial charge in [-0.05, 0) is 45.8 Å². The van der Waals surface area contributed by atoms with Crippen molar-refractivity contribution in [3.05, 3.63) is 29.8 Å². The summed E-state index contributed by atoms with van der Waals surface area (Å²) in [7, 11) is 3.48. The Labute approximate surface area is 161 Å². The van der Waals surface area contributed by atoms with Crippen LogP contribution in [0.15, 0.2) is 24.3 Å². The zero-order valence-corrected chi connectivity index (χ0v) is 16.5. The molecule has 0 saturated carbocycles. The third-order valence-corrected chi connectivity index (χ3v) is 5.31. The number of carbonyl (C=O) groups is 2. The van der Waals surface area contributed by atoms with E-state index in [0.29, 0.717) is 6.54 Å². The first-order valence-corrected chi connectivity index (χ1v) is 9.48. The van der Waals surface area contributed by atoms with Crippen LogP contribution in [0.5, 0.6) is 5.75 Å². The van der Waals surface area contributed by atoms with Gasteiger partial charge < -0.3 is 15.2 Å². The highest BCUT2D eigenvalue weighted by Gasteiger charge is 2.26. The fourth-order valence-electron chi connectivity index (χ4n) is 3.62. The van der Waals surface area contributed by atoms with Gasteiger partial charge in [0.15, 0.2) is 0 Å². The number of nitrogens with one attached hydrogen (secondary N) is 1. The molecule has 1 fully saturated rings. The van der Waals surface area contributed by atoms with Crippen molar-refractivity contribution >= 4 is 11.9 Å². The highest BCUT2D eigenvalue weighted by atomic mass is 16.5. The van der Waals surface area contributed by atoms with Crippen molar-refractivity contribution in [1.82, 2.24) is 15.1 Å². The van der Waals surface area contributed by atoms with Crippen LogP contribution in [-0.4, -0.2) is 72.7 Å². The Bertz CT molecular complexity index is 637. The van der Waals surface area contributed by atoms with E-state index in [-0.39, 0.29) is 24.5 Å². The van der Waals surface area contributed by atoms with Gasteiger partial charge in [0, 0.05) is 24.7 Å². The minimum Gasteiger partial charge on any atom is -0.496 e. The number of carboxylic acid groups (broad SMARTS) is 1. The second-order valence-electron chi connectivity index (χ2n) is 7.14. The first-order chi connectivity index (χ1) is 12.9. The number of amides is 1. The Balaban J connectivity index is 1.86. The summed E-state index contributed by atoms with van der Waals surface area (Å²) in [5, 5.41) is 12.0. The normalized spacial score (nSPS) is 19.3. The van der Waals surface area contributed by atoms with Crippen molar-refractivity contribution in [2.75, 3.05) is 33.8 Å². The number of ether oxygens (including phenoxy) is 1. The van der Waals surface area contributed by atoms with Gasteiger partial charge in [0.25, 0.3) is 0 Å². The van der Waals surface area contributed by atoms with Crippen molar-refractivity contribution in [2.24, 2.45) is 0 Å². The van der Waals surface area contributed by atoms with Crippen LogP contribution in [0.2, 0.25) is 0 Å². The lowest BCUT2D eigenvalue weighted by Crippen LogP contribution is -2.45. The van der Waals surface area contributed by atoms with Crippen LogP contribution < -0.4 is 10.1 Å². The van der Waals surface area contributed by atoms with E-state index in [2.05, 4.69) is 10.2 Å². The predicted molar refractivity (Wildman–Crippen MR) is 104 cm³/mol. The average molecular weight is 377 g/mol. The van der Waals surface area contributed by atoms with Gasteiger partial charge in [0.2, 0.25) is 5.91 Å². The summed E-state index contributed by atoms with van der Waals surface area (Å²) in [6, 6.07) is 7.68. The van der Waals surface area contributed by atoms with Gasteiger partial charge in [-0.1, -0.05) is 18.2 Å². The summed E-state index contributed by atoms with van der Waals surface area (Å²) in [5.41, 5.74) is 0.951. The van der Waals surface area contributed by atoms with Crippen molar-refractivity contribution < 1.29 is 19.4 Å². The summed E-state index contributed by atoms with van der Waals surface area (Å²) in [6.07, 6.45) is 2.78. The van der Waals surface area contributed by atoms with Gasteiger partial charge >= 0.3 is 5.97 Å². The number of rotatable bonds is 8. The Kier molecular flexibility index (Phi) is 8.06. The molecule has 2 N–H and O–H groups in total.